The molecule has 0 saturated carbocycles. The molecule has 0 radical (unpaired) electrons. The van der Waals surface area contributed by atoms with Crippen molar-refractivity contribution in [2.24, 2.45) is 11.8 Å². The Kier molecular flexibility index (Phi) is 5.62. The third kappa shape index (κ3) is 3.83. The molecule has 1 N–H and O–H groups in total. The van der Waals surface area contributed by atoms with Gasteiger partial charge in [0.1, 0.15) is 0 Å². The fourth-order valence-electron chi connectivity index (χ4n) is 3.13. The van der Waals surface area contributed by atoms with Crippen LogP contribution in [0.25, 0.3) is 0 Å². The average Bonchev–Trinajstić information content (AvgIpc) is 2.47. The third-order valence-electron chi connectivity index (χ3n) is 4.67. The highest BCUT2D eigenvalue weighted by Gasteiger charge is 2.30. The van der Waals surface area contributed by atoms with E-state index in [0.29, 0.717) is 18.0 Å². The van der Waals surface area contributed by atoms with Crippen molar-refractivity contribution < 1.29 is 0 Å². The highest BCUT2D eigenvalue weighted by molar-refractivity contribution is 5.20. The first kappa shape index (κ1) is 15.5. The van der Waals surface area contributed by atoms with Crippen molar-refractivity contribution in [2.75, 3.05) is 19.6 Å². The van der Waals surface area contributed by atoms with Crippen LogP contribution >= 0.6 is 0 Å². The van der Waals surface area contributed by atoms with E-state index in [1.165, 1.54) is 18.5 Å². The molecule has 112 valence electrons. The molecule has 20 heavy (non-hydrogen) atoms. The Balaban J connectivity index is 2.07. The van der Waals surface area contributed by atoms with E-state index >= 15 is 0 Å². The molecular formula is C18H30N2. The van der Waals surface area contributed by atoms with Crippen LogP contribution in [0.2, 0.25) is 0 Å². The summed E-state index contributed by atoms with van der Waals surface area (Å²) in [6.07, 6.45) is 1.27. The molecule has 2 heteroatoms. The Morgan fingerprint density at radius 2 is 1.90 bits per heavy atom. The first-order chi connectivity index (χ1) is 9.61. The summed E-state index contributed by atoms with van der Waals surface area (Å²) in [5.74, 6) is 1.49. The second-order valence-electron chi connectivity index (χ2n) is 6.65. The van der Waals surface area contributed by atoms with Gasteiger partial charge in [0, 0.05) is 31.7 Å². The van der Waals surface area contributed by atoms with Crippen molar-refractivity contribution in [1.29, 1.82) is 0 Å². The lowest BCUT2D eigenvalue weighted by atomic mass is 9.94. The summed E-state index contributed by atoms with van der Waals surface area (Å²) in [7, 11) is 0. The molecule has 0 spiro atoms. The summed E-state index contributed by atoms with van der Waals surface area (Å²) in [6.45, 7) is 12.8. The molecule has 2 nitrogen and oxygen atoms in total. The zero-order valence-corrected chi connectivity index (χ0v) is 13.5. The van der Waals surface area contributed by atoms with E-state index < -0.39 is 0 Å². The smallest absolute Gasteiger partial charge is 0.0449 e. The SMILES string of the molecule is CCC(C)CN1CC(c2ccccc2)NCC1C(C)C. The number of nitrogens with zero attached hydrogens (tertiary/aromatic N) is 1. The minimum absolute atomic E-state index is 0.482. The Labute approximate surface area is 124 Å². The Bertz CT molecular complexity index is 388. The average molecular weight is 274 g/mol. The second kappa shape index (κ2) is 7.24. The van der Waals surface area contributed by atoms with E-state index in [0.717, 1.165) is 19.0 Å². The minimum atomic E-state index is 0.482. The first-order valence-corrected chi connectivity index (χ1v) is 8.14. The molecule has 1 saturated heterocycles. The molecule has 0 aliphatic carbocycles. The molecule has 1 aromatic rings. The standard InChI is InChI=1S/C18H30N2/c1-5-15(4)12-20-13-17(16-9-7-6-8-10-16)19-11-18(20)14(2)3/h6-10,14-15,17-19H,5,11-13H2,1-4H3. The molecule has 1 fully saturated rings. The lowest BCUT2D eigenvalue weighted by molar-refractivity contribution is 0.0832. The molecule has 0 amide bonds. The Hall–Kier alpha value is -0.860. The summed E-state index contributed by atoms with van der Waals surface area (Å²) < 4.78 is 0. The van der Waals surface area contributed by atoms with Gasteiger partial charge >= 0.3 is 0 Å². The van der Waals surface area contributed by atoms with E-state index in [4.69, 9.17) is 0 Å². The summed E-state index contributed by atoms with van der Waals surface area (Å²) in [6, 6.07) is 12.0. The number of hydrogen-bond donors (Lipinski definition) is 1. The molecular weight excluding hydrogens is 244 g/mol. The van der Waals surface area contributed by atoms with E-state index in [1.807, 2.05) is 0 Å². The number of rotatable bonds is 5. The maximum atomic E-state index is 3.75. The Morgan fingerprint density at radius 3 is 2.50 bits per heavy atom. The summed E-state index contributed by atoms with van der Waals surface area (Å²) >= 11 is 0. The quantitative estimate of drug-likeness (QED) is 0.880. The topological polar surface area (TPSA) is 15.3 Å². The zero-order valence-electron chi connectivity index (χ0n) is 13.5. The van der Waals surface area contributed by atoms with Crippen molar-refractivity contribution in [2.45, 2.75) is 46.2 Å². The predicted molar refractivity (Wildman–Crippen MR) is 86.8 cm³/mol. The van der Waals surface area contributed by atoms with Crippen LogP contribution in [0.3, 0.4) is 0 Å². The summed E-state index contributed by atoms with van der Waals surface area (Å²) in [5, 5.41) is 3.75. The van der Waals surface area contributed by atoms with Gasteiger partial charge in [0.05, 0.1) is 0 Å². The predicted octanol–water partition coefficient (Wildman–Crippen LogP) is 3.70. The van der Waals surface area contributed by atoms with Gasteiger partial charge in [-0.15, -0.1) is 0 Å². The molecule has 1 aromatic carbocycles. The largest absolute Gasteiger partial charge is 0.307 e. The Morgan fingerprint density at radius 1 is 1.20 bits per heavy atom. The zero-order chi connectivity index (χ0) is 14.5. The first-order valence-electron chi connectivity index (χ1n) is 8.14. The second-order valence-corrected chi connectivity index (χ2v) is 6.65. The highest BCUT2D eigenvalue weighted by Crippen LogP contribution is 2.24. The fraction of sp³-hybridized carbons (Fsp3) is 0.667. The van der Waals surface area contributed by atoms with Crippen LogP contribution in [0.5, 0.6) is 0 Å². The molecule has 1 heterocycles. The van der Waals surface area contributed by atoms with Gasteiger partial charge in [0.15, 0.2) is 0 Å². The van der Waals surface area contributed by atoms with Gasteiger partial charge in [-0.3, -0.25) is 4.90 Å². The lowest BCUT2D eigenvalue weighted by Crippen LogP contribution is -2.55. The van der Waals surface area contributed by atoms with Crippen molar-refractivity contribution in [3.05, 3.63) is 35.9 Å². The van der Waals surface area contributed by atoms with Gasteiger partial charge in [-0.2, -0.15) is 0 Å². The van der Waals surface area contributed by atoms with E-state index in [2.05, 4.69) is 68.2 Å². The van der Waals surface area contributed by atoms with Crippen LogP contribution in [0.1, 0.15) is 45.7 Å². The minimum Gasteiger partial charge on any atom is -0.307 e. The van der Waals surface area contributed by atoms with Gasteiger partial charge < -0.3 is 5.32 Å². The van der Waals surface area contributed by atoms with Crippen molar-refractivity contribution in [3.8, 4) is 0 Å². The highest BCUT2D eigenvalue weighted by atomic mass is 15.2. The maximum Gasteiger partial charge on any atom is 0.0449 e. The molecule has 1 aliphatic heterocycles. The molecule has 3 unspecified atom stereocenters. The molecule has 0 aromatic heterocycles. The number of nitrogens with one attached hydrogen (secondary N) is 1. The maximum absolute atomic E-state index is 3.75. The van der Waals surface area contributed by atoms with Crippen molar-refractivity contribution in [3.63, 3.8) is 0 Å². The lowest BCUT2D eigenvalue weighted by Gasteiger charge is -2.43. The van der Waals surface area contributed by atoms with Crippen LogP contribution in [-0.2, 0) is 0 Å². The summed E-state index contributed by atoms with van der Waals surface area (Å²) in [4.78, 5) is 2.72. The van der Waals surface area contributed by atoms with Gasteiger partial charge in [-0.25, -0.2) is 0 Å². The van der Waals surface area contributed by atoms with Crippen LogP contribution < -0.4 is 5.32 Å². The van der Waals surface area contributed by atoms with Gasteiger partial charge in [0.2, 0.25) is 0 Å². The fourth-order valence-corrected chi connectivity index (χ4v) is 3.13. The normalized spacial score (nSPS) is 25.9. The molecule has 1 aliphatic rings. The molecule has 0 bridgehead atoms. The molecule has 3 atom stereocenters. The van der Waals surface area contributed by atoms with Crippen LogP contribution in [-0.4, -0.2) is 30.6 Å². The van der Waals surface area contributed by atoms with Gasteiger partial charge in [-0.1, -0.05) is 64.4 Å². The number of benzene rings is 1. The van der Waals surface area contributed by atoms with E-state index in [-0.39, 0.29) is 0 Å². The number of hydrogen-bond acceptors (Lipinski definition) is 2. The van der Waals surface area contributed by atoms with Crippen molar-refractivity contribution in [1.82, 2.24) is 10.2 Å². The van der Waals surface area contributed by atoms with Crippen LogP contribution in [0, 0.1) is 11.8 Å². The number of piperazine rings is 1. The van der Waals surface area contributed by atoms with Crippen LogP contribution in [0.15, 0.2) is 30.3 Å². The van der Waals surface area contributed by atoms with E-state index in [1.54, 1.807) is 0 Å². The van der Waals surface area contributed by atoms with E-state index in [9.17, 15) is 0 Å². The molecule has 2 rings (SSSR count). The van der Waals surface area contributed by atoms with Gasteiger partial charge in [-0.05, 0) is 17.4 Å². The van der Waals surface area contributed by atoms with Gasteiger partial charge in [0.25, 0.3) is 0 Å². The van der Waals surface area contributed by atoms with Crippen LogP contribution in [0.4, 0.5) is 0 Å². The summed E-state index contributed by atoms with van der Waals surface area (Å²) in [5.41, 5.74) is 1.42. The monoisotopic (exact) mass is 274 g/mol. The third-order valence-corrected chi connectivity index (χ3v) is 4.67. The van der Waals surface area contributed by atoms with Crippen molar-refractivity contribution >= 4 is 0 Å².